The largest absolute Gasteiger partial charge is 0.301 e. The summed E-state index contributed by atoms with van der Waals surface area (Å²) in [6.07, 6.45) is 0. The molecule has 0 aliphatic carbocycles. The van der Waals surface area contributed by atoms with Gasteiger partial charge in [-0.15, -0.1) is 11.8 Å². The van der Waals surface area contributed by atoms with Crippen LogP contribution in [-0.4, -0.2) is 16.6 Å². The zero-order valence-electron chi connectivity index (χ0n) is 10.9. The summed E-state index contributed by atoms with van der Waals surface area (Å²) in [4.78, 5) is 17.4. The quantitative estimate of drug-likeness (QED) is 0.663. The molecule has 0 unspecified atom stereocenters. The Balaban J connectivity index is 1.59. The summed E-state index contributed by atoms with van der Waals surface area (Å²) in [7, 11) is 0. The molecule has 0 fully saturated rings. The molecule has 0 bridgehead atoms. The molecular formula is C15H11BrN2OS2. The molecule has 0 radical (unpaired) electrons. The third-order valence-electron chi connectivity index (χ3n) is 2.72. The molecule has 3 nitrogen and oxygen atoms in total. The van der Waals surface area contributed by atoms with Crippen molar-refractivity contribution < 1.29 is 4.79 Å². The molecule has 1 heterocycles. The van der Waals surface area contributed by atoms with Crippen molar-refractivity contribution in [3.05, 3.63) is 53.0 Å². The molecule has 3 aromatic rings. The number of hydrogen-bond acceptors (Lipinski definition) is 4. The van der Waals surface area contributed by atoms with E-state index in [0.29, 0.717) is 10.9 Å². The summed E-state index contributed by atoms with van der Waals surface area (Å²) in [5, 5.41) is 3.50. The van der Waals surface area contributed by atoms with Crippen molar-refractivity contribution in [3.8, 4) is 0 Å². The Kier molecular flexibility index (Phi) is 4.57. The van der Waals surface area contributed by atoms with E-state index in [1.54, 1.807) is 0 Å². The second kappa shape index (κ2) is 6.60. The number of rotatable bonds is 4. The molecule has 0 spiro atoms. The van der Waals surface area contributed by atoms with Crippen LogP contribution in [0, 0.1) is 0 Å². The number of carbonyl (C=O) groups is 1. The van der Waals surface area contributed by atoms with Gasteiger partial charge >= 0.3 is 0 Å². The van der Waals surface area contributed by atoms with Gasteiger partial charge in [0, 0.05) is 9.37 Å². The van der Waals surface area contributed by atoms with Gasteiger partial charge in [-0.25, -0.2) is 4.98 Å². The Morgan fingerprint density at radius 1 is 1.19 bits per heavy atom. The van der Waals surface area contributed by atoms with Gasteiger partial charge in [-0.2, -0.15) is 0 Å². The van der Waals surface area contributed by atoms with Crippen LogP contribution in [0.2, 0.25) is 0 Å². The number of thiazole rings is 1. The van der Waals surface area contributed by atoms with Gasteiger partial charge in [-0.3, -0.25) is 4.79 Å². The number of halogens is 1. The third kappa shape index (κ3) is 3.84. The zero-order chi connectivity index (χ0) is 14.7. The van der Waals surface area contributed by atoms with Crippen LogP contribution in [0.5, 0.6) is 0 Å². The van der Waals surface area contributed by atoms with E-state index >= 15 is 0 Å². The summed E-state index contributed by atoms with van der Waals surface area (Å²) in [5.41, 5.74) is 0.915. The molecule has 1 amide bonds. The van der Waals surface area contributed by atoms with Crippen molar-refractivity contribution >= 4 is 60.3 Å². The van der Waals surface area contributed by atoms with Crippen molar-refractivity contribution in [2.24, 2.45) is 0 Å². The standard InChI is InChI=1S/C15H11BrN2OS2/c16-10-5-7-11(8-6-10)20-9-14(19)18-15-17-12-3-1-2-4-13(12)21-15/h1-8H,9H2,(H,17,18,19). The molecule has 0 aliphatic rings. The molecular weight excluding hydrogens is 368 g/mol. The van der Waals surface area contributed by atoms with E-state index in [2.05, 4.69) is 26.2 Å². The third-order valence-corrected chi connectivity index (χ3v) is 5.22. The lowest BCUT2D eigenvalue weighted by Crippen LogP contribution is -2.13. The number of amides is 1. The topological polar surface area (TPSA) is 42.0 Å². The van der Waals surface area contributed by atoms with Crippen molar-refractivity contribution in [1.29, 1.82) is 0 Å². The first kappa shape index (κ1) is 14.6. The van der Waals surface area contributed by atoms with Gasteiger partial charge in [0.1, 0.15) is 0 Å². The lowest BCUT2D eigenvalue weighted by atomic mass is 10.3. The van der Waals surface area contributed by atoms with Gasteiger partial charge in [-0.05, 0) is 36.4 Å². The number of fused-ring (bicyclic) bond motifs is 1. The molecule has 1 aromatic heterocycles. The first-order chi connectivity index (χ1) is 10.2. The predicted molar refractivity (Wildman–Crippen MR) is 93.1 cm³/mol. The van der Waals surface area contributed by atoms with Crippen LogP contribution in [0.1, 0.15) is 0 Å². The van der Waals surface area contributed by atoms with Crippen LogP contribution >= 0.6 is 39.0 Å². The molecule has 3 rings (SSSR count). The molecule has 106 valence electrons. The fourth-order valence-corrected chi connectivity index (χ4v) is 3.61. The number of carbonyl (C=O) groups excluding carboxylic acids is 1. The second-order valence-corrected chi connectivity index (χ2v) is 7.27. The number of hydrogen-bond donors (Lipinski definition) is 1. The van der Waals surface area contributed by atoms with Gasteiger partial charge in [0.2, 0.25) is 5.91 Å². The highest BCUT2D eigenvalue weighted by Crippen LogP contribution is 2.26. The zero-order valence-corrected chi connectivity index (χ0v) is 14.1. The number of aromatic nitrogens is 1. The Morgan fingerprint density at radius 2 is 1.95 bits per heavy atom. The first-order valence-corrected chi connectivity index (χ1v) is 8.84. The average Bonchev–Trinajstić information content (AvgIpc) is 2.88. The summed E-state index contributed by atoms with van der Waals surface area (Å²) in [6.45, 7) is 0. The van der Waals surface area contributed by atoms with Crippen LogP contribution in [0.4, 0.5) is 5.13 Å². The Hall–Kier alpha value is -1.37. The van der Waals surface area contributed by atoms with Crippen molar-refractivity contribution in [1.82, 2.24) is 4.98 Å². The van der Waals surface area contributed by atoms with Gasteiger partial charge in [0.05, 0.1) is 16.0 Å². The minimum atomic E-state index is -0.0398. The monoisotopic (exact) mass is 378 g/mol. The van der Waals surface area contributed by atoms with Crippen molar-refractivity contribution in [3.63, 3.8) is 0 Å². The van der Waals surface area contributed by atoms with Crippen LogP contribution in [0.25, 0.3) is 10.2 Å². The molecule has 21 heavy (non-hydrogen) atoms. The molecule has 0 saturated heterocycles. The minimum Gasteiger partial charge on any atom is -0.301 e. The number of thioether (sulfide) groups is 1. The Bertz CT molecular complexity index is 738. The maximum absolute atomic E-state index is 12.0. The molecule has 1 N–H and O–H groups in total. The van der Waals surface area contributed by atoms with Crippen LogP contribution in [0.3, 0.4) is 0 Å². The summed E-state index contributed by atoms with van der Waals surface area (Å²) in [6, 6.07) is 15.8. The van der Waals surface area contributed by atoms with Crippen LogP contribution < -0.4 is 5.32 Å². The van der Waals surface area contributed by atoms with Crippen molar-refractivity contribution in [2.45, 2.75) is 4.90 Å². The van der Waals surface area contributed by atoms with Crippen molar-refractivity contribution in [2.75, 3.05) is 11.1 Å². The predicted octanol–water partition coefficient (Wildman–Crippen LogP) is 4.79. The van der Waals surface area contributed by atoms with Gasteiger partial charge in [0.15, 0.2) is 5.13 Å². The highest BCUT2D eigenvalue weighted by Gasteiger charge is 2.08. The van der Waals surface area contributed by atoms with Gasteiger partial charge < -0.3 is 5.32 Å². The molecule has 6 heteroatoms. The Morgan fingerprint density at radius 3 is 2.71 bits per heavy atom. The second-order valence-electron chi connectivity index (χ2n) is 4.28. The number of para-hydroxylation sites is 1. The Labute approximate surface area is 138 Å². The van der Waals surface area contributed by atoms with E-state index in [0.717, 1.165) is 19.6 Å². The summed E-state index contributed by atoms with van der Waals surface area (Å²) >= 11 is 6.39. The van der Waals surface area contributed by atoms with E-state index in [1.165, 1.54) is 23.1 Å². The number of anilines is 1. The number of benzene rings is 2. The molecule has 0 saturated carbocycles. The SMILES string of the molecule is O=C(CSc1ccc(Br)cc1)Nc1nc2ccccc2s1. The van der Waals surface area contributed by atoms with Gasteiger partial charge in [0.25, 0.3) is 0 Å². The van der Waals surface area contributed by atoms with E-state index in [-0.39, 0.29) is 5.91 Å². The highest BCUT2D eigenvalue weighted by atomic mass is 79.9. The summed E-state index contributed by atoms with van der Waals surface area (Å²) < 4.78 is 2.11. The molecule has 0 atom stereocenters. The van der Waals surface area contributed by atoms with E-state index in [4.69, 9.17) is 0 Å². The lowest BCUT2D eigenvalue weighted by Gasteiger charge is -2.02. The summed E-state index contributed by atoms with van der Waals surface area (Å²) in [5.74, 6) is 0.333. The van der Waals surface area contributed by atoms with Gasteiger partial charge in [-0.1, -0.05) is 39.4 Å². The normalized spacial score (nSPS) is 10.7. The minimum absolute atomic E-state index is 0.0398. The maximum Gasteiger partial charge on any atom is 0.236 e. The van der Waals surface area contributed by atoms with Crippen LogP contribution in [0.15, 0.2) is 57.9 Å². The van der Waals surface area contributed by atoms with E-state index < -0.39 is 0 Å². The first-order valence-electron chi connectivity index (χ1n) is 6.24. The fraction of sp³-hybridized carbons (Fsp3) is 0.0667. The molecule has 2 aromatic carbocycles. The number of nitrogens with one attached hydrogen (secondary N) is 1. The van der Waals surface area contributed by atoms with E-state index in [1.807, 2.05) is 48.5 Å². The fourth-order valence-electron chi connectivity index (χ4n) is 1.76. The smallest absolute Gasteiger partial charge is 0.236 e. The average molecular weight is 379 g/mol. The van der Waals surface area contributed by atoms with Crippen LogP contribution in [-0.2, 0) is 4.79 Å². The highest BCUT2D eigenvalue weighted by molar-refractivity contribution is 9.10. The number of nitrogens with zero attached hydrogens (tertiary/aromatic N) is 1. The maximum atomic E-state index is 12.0. The molecule has 0 aliphatic heterocycles. The van der Waals surface area contributed by atoms with E-state index in [9.17, 15) is 4.79 Å². The lowest BCUT2D eigenvalue weighted by molar-refractivity contribution is -0.113.